The van der Waals surface area contributed by atoms with Crippen molar-refractivity contribution in [1.82, 2.24) is 9.55 Å². The SMILES string of the molecule is c1ccc(-c2nc3ccc(-c4ccc(N(c5ccc6sc7ccccc7c6c5)c5ccc6c7c8ccccc8ccc7n(-c7ccccc7)c6c5)cc4)cc3o2)cc1. The van der Waals surface area contributed by atoms with E-state index < -0.39 is 0 Å². The molecule has 3 heterocycles. The van der Waals surface area contributed by atoms with E-state index in [1.807, 2.05) is 47.7 Å². The van der Waals surface area contributed by atoms with Gasteiger partial charge in [0.05, 0.1) is 11.0 Å². The van der Waals surface area contributed by atoms with Crippen molar-refractivity contribution in [1.29, 1.82) is 0 Å². The fourth-order valence-corrected chi connectivity index (χ4v) is 9.77. The van der Waals surface area contributed by atoms with Gasteiger partial charge in [-0.2, -0.15) is 0 Å². The Balaban J connectivity index is 1.04. The summed E-state index contributed by atoms with van der Waals surface area (Å²) in [6.07, 6.45) is 0. The number of rotatable bonds is 6. The van der Waals surface area contributed by atoms with E-state index in [1.165, 1.54) is 47.2 Å². The normalized spacial score (nSPS) is 11.8. The van der Waals surface area contributed by atoms with Gasteiger partial charge in [-0.1, -0.05) is 109 Å². The molecular formula is C53H33N3OS. The Morgan fingerprint density at radius 3 is 2.00 bits per heavy atom. The Morgan fingerprint density at radius 2 is 1.14 bits per heavy atom. The highest BCUT2D eigenvalue weighted by Crippen LogP contribution is 2.44. The number of aromatic nitrogens is 2. The van der Waals surface area contributed by atoms with Gasteiger partial charge in [-0.15, -0.1) is 11.3 Å². The molecule has 58 heavy (non-hydrogen) atoms. The first-order chi connectivity index (χ1) is 28.7. The van der Waals surface area contributed by atoms with Crippen LogP contribution in [-0.2, 0) is 0 Å². The van der Waals surface area contributed by atoms with Gasteiger partial charge in [-0.3, -0.25) is 0 Å². The molecule has 0 fully saturated rings. The number of hydrogen-bond acceptors (Lipinski definition) is 4. The third-order valence-electron chi connectivity index (χ3n) is 11.4. The molecule has 12 rings (SSSR count). The third kappa shape index (κ3) is 5.25. The highest BCUT2D eigenvalue weighted by molar-refractivity contribution is 7.25. The van der Waals surface area contributed by atoms with E-state index in [0.29, 0.717) is 5.89 Å². The van der Waals surface area contributed by atoms with Crippen LogP contribution in [0, 0.1) is 0 Å². The van der Waals surface area contributed by atoms with Crippen LogP contribution in [0.4, 0.5) is 17.1 Å². The maximum absolute atomic E-state index is 6.25. The van der Waals surface area contributed by atoms with E-state index in [-0.39, 0.29) is 0 Å². The van der Waals surface area contributed by atoms with Crippen LogP contribution in [0.1, 0.15) is 0 Å². The molecule has 0 saturated heterocycles. The van der Waals surface area contributed by atoms with Gasteiger partial charge in [0.2, 0.25) is 5.89 Å². The molecule has 12 aromatic rings. The van der Waals surface area contributed by atoms with Gasteiger partial charge in [0, 0.05) is 59.3 Å². The highest BCUT2D eigenvalue weighted by atomic mass is 32.1. The van der Waals surface area contributed by atoms with Crippen molar-refractivity contribution in [2.24, 2.45) is 0 Å². The summed E-state index contributed by atoms with van der Waals surface area (Å²) in [5.74, 6) is 0.630. The first-order valence-electron chi connectivity index (χ1n) is 19.5. The van der Waals surface area contributed by atoms with Gasteiger partial charge in [0.25, 0.3) is 0 Å². The molecule has 0 saturated carbocycles. The van der Waals surface area contributed by atoms with Crippen molar-refractivity contribution in [2.75, 3.05) is 4.90 Å². The van der Waals surface area contributed by atoms with E-state index >= 15 is 0 Å². The number of para-hydroxylation sites is 1. The molecule has 0 bridgehead atoms. The summed E-state index contributed by atoms with van der Waals surface area (Å²) < 4.78 is 11.3. The summed E-state index contributed by atoms with van der Waals surface area (Å²) in [6.45, 7) is 0. The molecule has 3 aromatic heterocycles. The van der Waals surface area contributed by atoms with Crippen LogP contribution in [0.5, 0.6) is 0 Å². The van der Waals surface area contributed by atoms with E-state index in [2.05, 4.69) is 173 Å². The van der Waals surface area contributed by atoms with Crippen LogP contribution in [-0.4, -0.2) is 9.55 Å². The Kier molecular flexibility index (Phi) is 7.37. The average molecular weight is 760 g/mol. The van der Waals surface area contributed by atoms with E-state index in [1.54, 1.807) is 0 Å². The first-order valence-corrected chi connectivity index (χ1v) is 20.3. The molecule has 0 aliphatic rings. The predicted molar refractivity (Wildman–Crippen MR) is 244 cm³/mol. The number of benzene rings is 9. The largest absolute Gasteiger partial charge is 0.436 e. The van der Waals surface area contributed by atoms with E-state index in [9.17, 15) is 0 Å². The standard InChI is InChI=1S/C53H33N3OS/c1-3-12-36(13-4-1)53-54-46-28-21-37(31-49(46)57-53)34-19-23-39(24-20-34)55(40-26-30-51-45(32-40)43-17-9-10-18-50(43)58-51)41-25-27-44-48(33-41)56(38-14-5-2-6-15-38)47-29-22-35-11-7-8-16-42(35)52(44)47/h1-33H. The molecular weight excluding hydrogens is 727 g/mol. The molecule has 9 aromatic carbocycles. The molecule has 4 nitrogen and oxygen atoms in total. The maximum Gasteiger partial charge on any atom is 0.227 e. The molecule has 0 amide bonds. The van der Waals surface area contributed by atoms with Crippen molar-refractivity contribution in [2.45, 2.75) is 0 Å². The van der Waals surface area contributed by atoms with Gasteiger partial charge in [0.15, 0.2) is 5.58 Å². The van der Waals surface area contributed by atoms with Crippen LogP contribution in [0.25, 0.3) is 92.1 Å². The number of oxazole rings is 1. The molecule has 0 aliphatic carbocycles. The second-order valence-corrected chi connectivity index (χ2v) is 15.9. The fraction of sp³-hybridized carbons (Fsp3) is 0. The zero-order valence-corrected chi connectivity index (χ0v) is 32.0. The van der Waals surface area contributed by atoms with E-state index in [4.69, 9.17) is 9.40 Å². The van der Waals surface area contributed by atoms with Crippen LogP contribution in [0.15, 0.2) is 205 Å². The van der Waals surface area contributed by atoms with Crippen LogP contribution in [0.3, 0.4) is 0 Å². The van der Waals surface area contributed by atoms with Crippen molar-refractivity contribution in [3.05, 3.63) is 200 Å². The maximum atomic E-state index is 6.25. The quantitative estimate of drug-likeness (QED) is 0.169. The second kappa shape index (κ2) is 13.1. The lowest BCUT2D eigenvalue weighted by Crippen LogP contribution is -2.10. The Labute approximate surface area is 338 Å². The summed E-state index contributed by atoms with van der Waals surface area (Å²) in [6, 6.07) is 71.7. The minimum absolute atomic E-state index is 0.630. The Hall–Kier alpha value is -7.47. The topological polar surface area (TPSA) is 34.2 Å². The van der Waals surface area contributed by atoms with Gasteiger partial charge in [-0.25, -0.2) is 4.98 Å². The molecule has 0 atom stereocenters. The molecule has 0 aliphatic heterocycles. The van der Waals surface area contributed by atoms with Gasteiger partial charge in [0.1, 0.15) is 5.52 Å². The molecule has 0 unspecified atom stereocenters. The zero-order chi connectivity index (χ0) is 38.2. The lowest BCUT2D eigenvalue weighted by Gasteiger charge is -2.26. The number of fused-ring (bicyclic) bond motifs is 9. The second-order valence-electron chi connectivity index (χ2n) is 14.8. The lowest BCUT2D eigenvalue weighted by atomic mass is 10.0. The monoisotopic (exact) mass is 759 g/mol. The average Bonchev–Trinajstić information content (AvgIpc) is 3.99. The molecule has 272 valence electrons. The van der Waals surface area contributed by atoms with Crippen molar-refractivity contribution in [3.8, 4) is 28.3 Å². The van der Waals surface area contributed by atoms with Gasteiger partial charge >= 0.3 is 0 Å². The Morgan fingerprint density at radius 1 is 0.448 bits per heavy atom. The molecule has 5 heteroatoms. The third-order valence-corrected chi connectivity index (χ3v) is 12.6. The van der Waals surface area contributed by atoms with Crippen molar-refractivity contribution < 1.29 is 4.42 Å². The molecule has 0 radical (unpaired) electrons. The number of thiophene rings is 1. The predicted octanol–water partition coefficient (Wildman–Crippen LogP) is 15.2. The summed E-state index contributed by atoms with van der Waals surface area (Å²) >= 11 is 1.84. The van der Waals surface area contributed by atoms with Crippen LogP contribution in [0.2, 0.25) is 0 Å². The summed E-state index contributed by atoms with van der Waals surface area (Å²) in [5, 5.41) is 7.54. The lowest BCUT2D eigenvalue weighted by molar-refractivity contribution is 0.620. The number of anilines is 3. The molecule has 0 spiro atoms. The van der Waals surface area contributed by atoms with Gasteiger partial charge < -0.3 is 13.9 Å². The minimum atomic E-state index is 0.630. The summed E-state index contributed by atoms with van der Waals surface area (Å²) in [4.78, 5) is 7.15. The molecule has 0 N–H and O–H groups in total. The first kappa shape index (κ1) is 32.7. The smallest absolute Gasteiger partial charge is 0.227 e. The van der Waals surface area contributed by atoms with Crippen molar-refractivity contribution in [3.63, 3.8) is 0 Å². The number of hydrogen-bond donors (Lipinski definition) is 0. The minimum Gasteiger partial charge on any atom is -0.436 e. The number of nitrogens with zero attached hydrogens (tertiary/aromatic N) is 3. The van der Waals surface area contributed by atoms with Crippen molar-refractivity contribution >= 4 is 92.2 Å². The highest BCUT2D eigenvalue weighted by Gasteiger charge is 2.20. The zero-order valence-electron chi connectivity index (χ0n) is 31.2. The van der Waals surface area contributed by atoms with E-state index in [0.717, 1.165) is 56.1 Å². The summed E-state index contributed by atoms with van der Waals surface area (Å²) in [5.41, 5.74) is 11.5. The summed E-state index contributed by atoms with van der Waals surface area (Å²) in [7, 11) is 0. The fourth-order valence-electron chi connectivity index (χ4n) is 8.68. The van der Waals surface area contributed by atoms with Gasteiger partial charge in [-0.05, 0) is 113 Å². The Bertz CT molecular complexity index is 3510. The van der Waals surface area contributed by atoms with Crippen LogP contribution >= 0.6 is 11.3 Å². The van der Waals surface area contributed by atoms with Crippen LogP contribution < -0.4 is 4.90 Å².